The average Bonchev–Trinajstić information content (AvgIpc) is 2.30. The summed E-state index contributed by atoms with van der Waals surface area (Å²) >= 11 is 0. The maximum atomic E-state index is 12.3. The first kappa shape index (κ1) is 12.3. The molecule has 0 bridgehead atoms. The summed E-state index contributed by atoms with van der Waals surface area (Å²) in [5.74, 6) is 0. The molecule has 0 radical (unpaired) electrons. The molecule has 0 aliphatic carbocycles. The van der Waals surface area contributed by atoms with Crippen molar-refractivity contribution in [3.63, 3.8) is 0 Å². The normalized spacial score (nSPS) is 12.1. The number of hydrogen-bond donors (Lipinski definition) is 1. The molecule has 0 saturated heterocycles. The number of halogens is 2. The summed E-state index contributed by atoms with van der Waals surface area (Å²) in [7, 11) is 0. The highest BCUT2D eigenvalue weighted by atomic mass is 19.3. The minimum absolute atomic E-state index is 0.0378. The van der Waals surface area contributed by atoms with Gasteiger partial charge >= 0.3 is 0 Å². The van der Waals surface area contributed by atoms with E-state index in [4.69, 9.17) is 5.26 Å². The summed E-state index contributed by atoms with van der Waals surface area (Å²) in [4.78, 5) is 0. The van der Waals surface area contributed by atoms with Gasteiger partial charge in [-0.3, -0.25) is 5.32 Å². The predicted octanol–water partition coefficient (Wildman–Crippen LogP) is 2.96. The van der Waals surface area contributed by atoms with E-state index in [-0.39, 0.29) is 5.56 Å². The van der Waals surface area contributed by atoms with Crippen molar-refractivity contribution in [2.45, 2.75) is 12.5 Å². The van der Waals surface area contributed by atoms with E-state index in [9.17, 15) is 8.78 Å². The monoisotopic (exact) mass is 222 g/mol. The third kappa shape index (κ3) is 3.14. The zero-order valence-corrected chi connectivity index (χ0v) is 8.66. The Morgan fingerprint density at radius 3 is 2.31 bits per heavy atom. The number of hydrogen-bond acceptors (Lipinski definition) is 2. The van der Waals surface area contributed by atoms with Crippen molar-refractivity contribution in [2.24, 2.45) is 0 Å². The van der Waals surface area contributed by atoms with E-state index in [0.29, 0.717) is 12.1 Å². The number of nitrogens with zero attached hydrogens (tertiary/aromatic N) is 1. The fraction of sp³-hybridized carbons (Fsp3) is 0.250. The van der Waals surface area contributed by atoms with Gasteiger partial charge in [-0.05, 0) is 5.56 Å². The van der Waals surface area contributed by atoms with Crippen molar-refractivity contribution in [2.75, 3.05) is 6.54 Å². The highest BCUT2D eigenvalue weighted by Gasteiger charge is 2.11. The molecule has 0 aromatic heterocycles. The largest absolute Gasteiger partial charge is 0.295 e. The fourth-order valence-corrected chi connectivity index (χ4v) is 1.27. The number of alkyl halides is 2. The summed E-state index contributed by atoms with van der Waals surface area (Å²) < 4.78 is 24.6. The molecule has 1 aromatic rings. The van der Waals surface area contributed by atoms with Crippen LogP contribution in [0.25, 0.3) is 0 Å². The van der Waals surface area contributed by atoms with Gasteiger partial charge in [0.15, 0.2) is 0 Å². The van der Waals surface area contributed by atoms with Crippen LogP contribution in [0.3, 0.4) is 0 Å². The van der Waals surface area contributed by atoms with Crippen LogP contribution in [-0.2, 0) is 0 Å². The maximum absolute atomic E-state index is 12.3. The van der Waals surface area contributed by atoms with E-state index >= 15 is 0 Å². The molecule has 1 atom stereocenters. The van der Waals surface area contributed by atoms with Gasteiger partial charge in [-0.2, -0.15) is 5.26 Å². The second-order valence-electron chi connectivity index (χ2n) is 3.23. The Bertz CT molecular complexity index is 379. The molecule has 0 aliphatic rings. The van der Waals surface area contributed by atoms with Crippen molar-refractivity contribution in [3.05, 3.63) is 48.0 Å². The molecule has 1 unspecified atom stereocenters. The summed E-state index contributed by atoms with van der Waals surface area (Å²) in [5, 5.41) is 11.8. The van der Waals surface area contributed by atoms with Crippen LogP contribution in [0.15, 0.2) is 36.9 Å². The second-order valence-corrected chi connectivity index (χ2v) is 3.23. The Kier molecular flexibility index (Phi) is 4.62. The molecule has 0 saturated carbocycles. The van der Waals surface area contributed by atoms with Crippen molar-refractivity contribution >= 4 is 0 Å². The molecule has 0 amide bonds. The smallest absolute Gasteiger partial charge is 0.263 e. The first-order valence-corrected chi connectivity index (χ1v) is 4.81. The molecule has 0 heterocycles. The lowest BCUT2D eigenvalue weighted by molar-refractivity contribution is 0.151. The lowest BCUT2D eigenvalue weighted by atomic mass is 10.1. The minimum atomic E-state index is -2.48. The van der Waals surface area contributed by atoms with E-state index in [1.165, 1.54) is 24.3 Å². The molecule has 1 N–H and O–H groups in total. The van der Waals surface area contributed by atoms with Gasteiger partial charge in [0.25, 0.3) is 6.43 Å². The maximum Gasteiger partial charge on any atom is 0.263 e. The van der Waals surface area contributed by atoms with Gasteiger partial charge in [0.1, 0.15) is 6.04 Å². The summed E-state index contributed by atoms with van der Waals surface area (Å²) in [5.41, 5.74) is 0.637. The van der Waals surface area contributed by atoms with Crippen molar-refractivity contribution < 1.29 is 8.78 Å². The number of benzene rings is 1. The third-order valence-corrected chi connectivity index (χ3v) is 2.12. The summed E-state index contributed by atoms with van der Waals surface area (Å²) in [6.07, 6.45) is -0.839. The highest BCUT2D eigenvalue weighted by molar-refractivity contribution is 5.28. The Morgan fingerprint density at radius 2 is 1.88 bits per heavy atom. The number of rotatable bonds is 5. The summed E-state index contributed by atoms with van der Waals surface area (Å²) in [6, 6.07) is 7.29. The van der Waals surface area contributed by atoms with Gasteiger partial charge in [0.2, 0.25) is 0 Å². The van der Waals surface area contributed by atoms with Gasteiger partial charge in [-0.15, -0.1) is 6.58 Å². The molecular weight excluding hydrogens is 210 g/mol. The molecule has 1 rings (SSSR count). The quantitative estimate of drug-likeness (QED) is 0.777. The van der Waals surface area contributed by atoms with E-state index < -0.39 is 12.5 Å². The van der Waals surface area contributed by atoms with E-state index in [0.717, 1.165) is 0 Å². The number of nitrogens with one attached hydrogen (secondary N) is 1. The van der Waals surface area contributed by atoms with Gasteiger partial charge in [0, 0.05) is 12.1 Å². The van der Waals surface area contributed by atoms with Crippen LogP contribution < -0.4 is 5.32 Å². The van der Waals surface area contributed by atoms with E-state index in [1.807, 2.05) is 0 Å². The molecule has 2 nitrogen and oxygen atoms in total. The first-order valence-electron chi connectivity index (χ1n) is 4.81. The molecule has 0 fully saturated rings. The molecule has 0 aliphatic heterocycles. The zero-order chi connectivity index (χ0) is 12.0. The molecule has 16 heavy (non-hydrogen) atoms. The molecule has 4 heteroatoms. The second kappa shape index (κ2) is 5.99. The lowest BCUT2D eigenvalue weighted by Crippen LogP contribution is -2.19. The SMILES string of the molecule is C=CCNC(C#N)c1ccc(C(F)F)cc1. The standard InChI is InChI=1S/C12H12F2N2/c1-2-7-16-11(8-15)9-3-5-10(6-4-9)12(13)14/h2-6,11-12,16H,1,7H2. The van der Waals surface area contributed by atoms with Crippen LogP contribution in [0.2, 0.25) is 0 Å². The zero-order valence-electron chi connectivity index (χ0n) is 8.66. The van der Waals surface area contributed by atoms with Crippen LogP contribution in [0.5, 0.6) is 0 Å². The highest BCUT2D eigenvalue weighted by Crippen LogP contribution is 2.21. The molecular formula is C12H12F2N2. The van der Waals surface area contributed by atoms with Gasteiger partial charge in [0.05, 0.1) is 6.07 Å². The van der Waals surface area contributed by atoms with Gasteiger partial charge < -0.3 is 0 Å². The topological polar surface area (TPSA) is 35.8 Å². The molecule has 84 valence electrons. The predicted molar refractivity (Wildman–Crippen MR) is 58.0 cm³/mol. The summed E-state index contributed by atoms with van der Waals surface area (Å²) in [6.45, 7) is 4.02. The van der Waals surface area contributed by atoms with Gasteiger partial charge in [-0.25, -0.2) is 8.78 Å². The fourth-order valence-electron chi connectivity index (χ4n) is 1.27. The Balaban J connectivity index is 2.79. The van der Waals surface area contributed by atoms with Crippen LogP contribution >= 0.6 is 0 Å². The van der Waals surface area contributed by atoms with Crippen molar-refractivity contribution in [3.8, 4) is 6.07 Å². The van der Waals surface area contributed by atoms with Crippen molar-refractivity contribution in [1.29, 1.82) is 5.26 Å². The van der Waals surface area contributed by atoms with E-state index in [2.05, 4.69) is 18.0 Å². The third-order valence-electron chi connectivity index (χ3n) is 2.12. The Labute approximate surface area is 93.2 Å². The van der Waals surface area contributed by atoms with Crippen LogP contribution in [0.1, 0.15) is 23.6 Å². The first-order chi connectivity index (χ1) is 7.69. The average molecular weight is 222 g/mol. The number of nitriles is 1. The van der Waals surface area contributed by atoms with Crippen LogP contribution in [0.4, 0.5) is 8.78 Å². The van der Waals surface area contributed by atoms with Crippen molar-refractivity contribution in [1.82, 2.24) is 5.32 Å². The Morgan fingerprint density at radius 1 is 1.31 bits per heavy atom. The van der Waals surface area contributed by atoms with E-state index in [1.54, 1.807) is 6.08 Å². The van der Waals surface area contributed by atoms with Gasteiger partial charge in [-0.1, -0.05) is 30.3 Å². The lowest BCUT2D eigenvalue weighted by Gasteiger charge is -2.10. The van der Waals surface area contributed by atoms with Crippen LogP contribution in [-0.4, -0.2) is 6.54 Å². The van der Waals surface area contributed by atoms with Crippen LogP contribution in [0, 0.1) is 11.3 Å². The molecule has 1 aromatic carbocycles. The Hall–Kier alpha value is -1.73. The molecule has 0 spiro atoms. The minimum Gasteiger partial charge on any atom is -0.295 e.